The van der Waals surface area contributed by atoms with E-state index in [4.69, 9.17) is 32.7 Å². The Labute approximate surface area is 195 Å². The Hall–Kier alpha value is -3.29. The average molecular weight is 471 g/mol. The predicted molar refractivity (Wildman–Crippen MR) is 123 cm³/mol. The summed E-state index contributed by atoms with van der Waals surface area (Å²) in [6, 6.07) is 12.2. The number of halogens is 2. The van der Waals surface area contributed by atoms with Gasteiger partial charge in [-0.25, -0.2) is 9.48 Å². The molecule has 1 aliphatic heterocycles. The van der Waals surface area contributed by atoms with Crippen molar-refractivity contribution in [3.63, 3.8) is 0 Å². The first kappa shape index (κ1) is 21.9. The number of benzene rings is 2. The lowest BCUT2D eigenvalue weighted by Gasteiger charge is -2.28. The third-order valence-electron chi connectivity index (χ3n) is 4.99. The minimum Gasteiger partial charge on any atom is -0.489 e. The van der Waals surface area contributed by atoms with E-state index in [1.54, 1.807) is 29.8 Å². The number of rotatable bonds is 7. The number of ether oxygens (including phenoxy) is 2. The van der Waals surface area contributed by atoms with Gasteiger partial charge in [-0.15, -0.1) is 0 Å². The number of carbonyl (C=O) groups is 1. The van der Waals surface area contributed by atoms with Crippen molar-refractivity contribution in [3.05, 3.63) is 93.9 Å². The molecule has 2 aromatic carbocycles. The van der Waals surface area contributed by atoms with Gasteiger partial charge in [0.05, 0.1) is 5.57 Å². The van der Waals surface area contributed by atoms with Gasteiger partial charge >= 0.3 is 5.97 Å². The summed E-state index contributed by atoms with van der Waals surface area (Å²) in [7, 11) is 0. The summed E-state index contributed by atoms with van der Waals surface area (Å²) in [4.78, 5) is 17.0. The third-order valence-corrected chi connectivity index (χ3v) is 5.70. The first-order valence-electron chi connectivity index (χ1n) is 9.80. The van der Waals surface area contributed by atoms with Crippen molar-refractivity contribution in [2.24, 2.45) is 0 Å². The quantitative estimate of drug-likeness (QED) is 0.378. The van der Waals surface area contributed by atoms with Gasteiger partial charge in [0.25, 0.3) is 0 Å². The molecule has 0 saturated carbocycles. The van der Waals surface area contributed by atoms with E-state index in [-0.39, 0.29) is 13.2 Å². The highest BCUT2D eigenvalue weighted by molar-refractivity contribution is 6.35. The van der Waals surface area contributed by atoms with E-state index in [0.717, 1.165) is 11.1 Å². The van der Waals surface area contributed by atoms with Crippen molar-refractivity contribution in [1.29, 1.82) is 0 Å². The Bertz CT molecular complexity index is 1170. The van der Waals surface area contributed by atoms with Gasteiger partial charge < -0.3 is 14.8 Å². The molecule has 0 radical (unpaired) electrons. The van der Waals surface area contributed by atoms with Gasteiger partial charge in [-0.2, -0.15) is 10.1 Å². The Morgan fingerprint density at radius 3 is 2.62 bits per heavy atom. The maximum absolute atomic E-state index is 12.8. The Morgan fingerprint density at radius 1 is 1.22 bits per heavy atom. The third kappa shape index (κ3) is 4.35. The van der Waals surface area contributed by atoms with Gasteiger partial charge in [0.15, 0.2) is 0 Å². The first-order valence-corrected chi connectivity index (χ1v) is 10.6. The predicted octanol–water partition coefficient (Wildman–Crippen LogP) is 5.18. The molecule has 0 bridgehead atoms. The Morgan fingerprint density at radius 2 is 1.94 bits per heavy atom. The molecule has 0 aliphatic carbocycles. The van der Waals surface area contributed by atoms with Gasteiger partial charge in [0.1, 0.15) is 31.3 Å². The monoisotopic (exact) mass is 470 g/mol. The number of anilines is 1. The average Bonchev–Trinajstić information content (AvgIpc) is 3.24. The highest BCUT2D eigenvalue weighted by atomic mass is 35.5. The van der Waals surface area contributed by atoms with Crippen LogP contribution in [0, 0.1) is 0 Å². The fourth-order valence-electron chi connectivity index (χ4n) is 3.45. The van der Waals surface area contributed by atoms with Gasteiger partial charge in [0.2, 0.25) is 5.95 Å². The summed E-state index contributed by atoms with van der Waals surface area (Å²) in [6.45, 7) is 5.75. The molecule has 3 aromatic rings. The molecule has 1 atom stereocenters. The zero-order chi connectivity index (χ0) is 22.7. The van der Waals surface area contributed by atoms with Crippen molar-refractivity contribution in [1.82, 2.24) is 14.8 Å². The molecule has 0 spiro atoms. The zero-order valence-electron chi connectivity index (χ0n) is 17.2. The van der Waals surface area contributed by atoms with Crippen molar-refractivity contribution >= 4 is 35.1 Å². The molecule has 1 aliphatic rings. The number of nitrogens with zero attached hydrogens (tertiary/aromatic N) is 3. The molecule has 0 amide bonds. The molecule has 1 unspecified atom stereocenters. The molecule has 32 heavy (non-hydrogen) atoms. The van der Waals surface area contributed by atoms with Gasteiger partial charge in [0, 0.05) is 21.3 Å². The molecule has 4 rings (SSSR count). The fourth-order valence-corrected chi connectivity index (χ4v) is 3.95. The highest BCUT2D eigenvalue weighted by Crippen LogP contribution is 2.36. The summed E-state index contributed by atoms with van der Waals surface area (Å²) in [6.07, 6.45) is 2.96. The van der Waals surface area contributed by atoms with Crippen LogP contribution < -0.4 is 10.1 Å². The van der Waals surface area contributed by atoms with Crippen LogP contribution in [0.15, 0.2) is 72.7 Å². The van der Waals surface area contributed by atoms with Gasteiger partial charge in [-0.05, 0) is 36.8 Å². The molecule has 2 heterocycles. The number of fused-ring (bicyclic) bond motifs is 1. The summed E-state index contributed by atoms with van der Waals surface area (Å²) in [5, 5.41) is 8.49. The van der Waals surface area contributed by atoms with Crippen LogP contribution >= 0.6 is 23.2 Å². The van der Waals surface area contributed by atoms with E-state index in [2.05, 4.69) is 22.0 Å². The Kier molecular flexibility index (Phi) is 6.48. The minimum atomic E-state index is -0.502. The first-order chi connectivity index (χ1) is 15.5. The summed E-state index contributed by atoms with van der Waals surface area (Å²) >= 11 is 12.4. The van der Waals surface area contributed by atoms with Crippen LogP contribution in [-0.2, 0) is 16.1 Å². The highest BCUT2D eigenvalue weighted by Gasteiger charge is 2.34. The topological polar surface area (TPSA) is 78.3 Å². The van der Waals surface area contributed by atoms with E-state index in [1.807, 2.05) is 24.3 Å². The second-order valence-corrected chi connectivity index (χ2v) is 7.85. The number of nitrogens with one attached hydrogen (secondary N) is 1. The normalized spacial score (nSPS) is 15.0. The molecule has 164 valence electrons. The van der Waals surface area contributed by atoms with Crippen LogP contribution in [0.4, 0.5) is 5.95 Å². The number of hydrogen-bond acceptors (Lipinski definition) is 6. The van der Waals surface area contributed by atoms with Gasteiger partial charge in [-0.3, -0.25) is 0 Å². The van der Waals surface area contributed by atoms with Crippen molar-refractivity contribution in [2.45, 2.75) is 19.6 Å². The number of aromatic nitrogens is 3. The van der Waals surface area contributed by atoms with Crippen LogP contribution in [0.5, 0.6) is 5.75 Å². The number of esters is 1. The van der Waals surface area contributed by atoms with E-state index >= 15 is 0 Å². The van der Waals surface area contributed by atoms with Crippen LogP contribution in [0.3, 0.4) is 0 Å². The largest absolute Gasteiger partial charge is 0.489 e. The summed E-state index contributed by atoms with van der Waals surface area (Å²) < 4.78 is 12.8. The second kappa shape index (κ2) is 9.46. The smallest absolute Gasteiger partial charge is 0.338 e. The van der Waals surface area contributed by atoms with E-state index < -0.39 is 12.0 Å². The van der Waals surface area contributed by atoms with Crippen molar-refractivity contribution in [2.75, 3.05) is 11.9 Å². The molecule has 7 nitrogen and oxygen atoms in total. The minimum absolute atomic E-state index is 0.115. The van der Waals surface area contributed by atoms with E-state index in [0.29, 0.717) is 33.0 Å². The molecule has 1 N–H and O–H groups in total. The molecular formula is C23H20Cl2N4O3. The molecule has 0 fully saturated rings. The Balaban J connectivity index is 1.60. The van der Waals surface area contributed by atoms with Gasteiger partial charge in [-0.1, -0.05) is 54.1 Å². The van der Waals surface area contributed by atoms with E-state index in [1.165, 1.54) is 12.4 Å². The van der Waals surface area contributed by atoms with Crippen LogP contribution in [-0.4, -0.2) is 27.3 Å². The van der Waals surface area contributed by atoms with Crippen molar-refractivity contribution < 1.29 is 14.3 Å². The molecule has 1 aromatic heterocycles. The second-order valence-electron chi connectivity index (χ2n) is 7.04. The van der Waals surface area contributed by atoms with E-state index in [9.17, 15) is 4.79 Å². The maximum Gasteiger partial charge on any atom is 0.338 e. The SMILES string of the molecule is C=CCOC(=O)C1=C(C)Nc2ncnn2C1c1ccc(OCc2c(Cl)cccc2Cl)cc1. The fraction of sp³-hybridized carbons (Fsp3) is 0.174. The number of allylic oxidation sites excluding steroid dienone is 1. The zero-order valence-corrected chi connectivity index (χ0v) is 18.7. The summed E-state index contributed by atoms with van der Waals surface area (Å²) in [5.74, 6) is 0.727. The standard InChI is InChI=1S/C23H20Cl2N4O3/c1-3-11-31-22(30)20-14(2)28-23-26-13-27-29(23)21(20)15-7-9-16(10-8-15)32-12-17-18(24)5-4-6-19(17)25/h3-10,13,21H,1,11-12H2,2H3,(H,26,27,28). The number of hydrogen-bond donors (Lipinski definition) is 1. The van der Waals surface area contributed by atoms with Crippen LogP contribution in [0.25, 0.3) is 0 Å². The number of carbonyl (C=O) groups excluding carboxylic acids is 1. The molecular weight excluding hydrogens is 451 g/mol. The molecule has 9 heteroatoms. The maximum atomic E-state index is 12.8. The lowest BCUT2D eigenvalue weighted by molar-refractivity contribution is -0.138. The lowest BCUT2D eigenvalue weighted by atomic mass is 9.96. The van der Waals surface area contributed by atoms with Crippen LogP contribution in [0.1, 0.15) is 24.1 Å². The lowest BCUT2D eigenvalue weighted by Crippen LogP contribution is -2.29. The summed E-state index contributed by atoms with van der Waals surface area (Å²) in [5.41, 5.74) is 2.64. The van der Waals surface area contributed by atoms with Crippen molar-refractivity contribution in [3.8, 4) is 5.75 Å². The molecule has 0 saturated heterocycles. The van der Waals surface area contributed by atoms with Crippen LogP contribution in [0.2, 0.25) is 10.0 Å².